The van der Waals surface area contributed by atoms with Crippen LogP contribution in [0.4, 0.5) is 0 Å². The molecule has 0 spiro atoms. The van der Waals surface area contributed by atoms with Gasteiger partial charge < -0.3 is 0 Å². The third-order valence-corrected chi connectivity index (χ3v) is 3.50. The zero-order valence-corrected chi connectivity index (χ0v) is 12.2. The van der Waals surface area contributed by atoms with Crippen molar-refractivity contribution in [2.24, 2.45) is 5.92 Å². The van der Waals surface area contributed by atoms with Gasteiger partial charge in [-0.3, -0.25) is 9.48 Å². The van der Waals surface area contributed by atoms with Crippen LogP contribution in [0.1, 0.15) is 69.1 Å². The van der Waals surface area contributed by atoms with E-state index in [1.165, 1.54) is 12.8 Å². The van der Waals surface area contributed by atoms with Gasteiger partial charge >= 0.3 is 0 Å². The molecule has 102 valence electrons. The van der Waals surface area contributed by atoms with Crippen molar-refractivity contribution in [3.05, 3.63) is 17.5 Å². The van der Waals surface area contributed by atoms with Gasteiger partial charge in [-0.2, -0.15) is 5.10 Å². The van der Waals surface area contributed by atoms with E-state index in [-0.39, 0.29) is 5.78 Å². The molecule has 1 aromatic heterocycles. The first-order valence-electron chi connectivity index (χ1n) is 7.19. The molecule has 0 N–H and O–H groups in total. The standard InChI is InChI=1S/C15H26N2O/c1-5-8-9-13(6-2)11-15(18)14-10-12(4)16-17(14)7-3/h10,13H,5-9,11H2,1-4H3. The van der Waals surface area contributed by atoms with Crippen LogP contribution in [0.3, 0.4) is 0 Å². The van der Waals surface area contributed by atoms with E-state index in [1.54, 1.807) is 0 Å². The van der Waals surface area contributed by atoms with Crippen molar-refractivity contribution in [1.82, 2.24) is 9.78 Å². The van der Waals surface area contributed by atoms with Crippen LogP contribution in [-0.2, 0) is 6.54 Å². The lowest BCUT2D eigenvalue weighted by molar-refractivity contribution is 0.0946. The average Bonchev–Trinajstić information content (AvgIpc) is 2.75. The molecule has 1 heterocycles. The molecule has 0 aliphatic carbocycles. The Bertz CT molecular complexity index is 382. The van der Waals surface area contributed by atoms with E-state index in [4.69, 9.17) is 0 Å². The normalized spacial score (nSPS) is 12.7. The third-order valence-electron chi connectivity index (χ3n) is 3.50. The van der Waals surface area contributed by atoms with Crippen molar-refractivity contribution in [3.63, 3.8) is 0 Å². The molecular weight excluding hydrogens is 224 g/mol. The van der Waals surface area contributed by atoms with Crippen LogP contribution >= 0.6 is 0 Å². The number of unbranched alkanes of at least 4 members (excludes halogenated alkanes) is 1. The minimum atomic E-state index is 0.250. The molecular formula is C15H26N2O. The van der Waals surface area contributed by atoms with Gasteiger partial charge in [0, 0.05) is 13.0 Å². The molecule has 1 unspecified atom stereocenters. The Kier molecular flexibility index (Phi) is 6.10. The zero-order chi connectivity index (χ0) is 13.5. The smallest absolute Gasteiger partial charge is 0.181 e. The van der Waals surface area contributed by atoms with Crippen LogP contribution in [0, 0.1) is 12.8 Å². The SMILES string of the molecule is CCCCC(CC)CC(=O)c1cc(C)nn1CC. The summed E-state index contributed by atoms with van der Waals surface area (Å²) in [5, 5.41) is 4.34. The molecule has 18 heavy (non-hydrogen) atoms. The molecule has 0 bridgehead atoms. The van der Waals surface area contributed by atoms with Crippen molar-refractivity contribution in [3.8, 4) is 0 Å². The second kappa shape index (κ2) is 7.34. The number of ketones is 1. The maximum Gasteiger partial charge on any atom is 0.181 e. The first-order chi connectivity index (χ1) is 8.62. The fourth-order valence-corrected chi connectivity index (χ4v) is 2.32. The van der Waals surface area contributed by atoms with Crippen molar-refractivity contribution in [2.75, 3.05) is 0 Å². The molecule has 0 aromatic carbocycles. The summed E-state index contributed by atoms with van der Waals surface area (Å²) in [4.78, 5) is 12.3. The molecule has 0 radical (unpaired) electrons. The minimum Gasteiger partial charge on any atom is -0.292 e. The second-order valence-corrected chi connectivity index (χ2v) is 5.03. The molecule has 1 atom stereocenters. The Labute approximate surface area is 111 Å². The Morgan fingerprint density at radius 2 is 2.11 bits per heavy atom. The molecule has 1 aromatic rings. The van der Waals surface area contributed by atoms with E-state index in [1.807, 2.05) is 24.6 Å². The van der Waals surface area contributed by atoms with Crippen LogP contribution < -0.4 is 0 Å². The predicted molar refractivity (Wildman–Crippen MR) is 74.9 cm³/mol. The number of nitrogens with zero attached hydrogens (tertiary/aromatic N) is 2. The summed E-state index contributed by atoms with van der Waals surface area (Å²) in [6.45, 7) is 9.11. The number of hydrogen-bond acceptors (Lipinski definition) is 2. The van der Waals surface area contributed by atoms with Crippen LogP contribution in [0.25, 0.3) is 0 Å². The maximum atomic E-state index is 12.3. The fraction of sp³-hybridized carbons (Fsp3) is 0.733. The van der Waals surface area contributed by atoms with E-state index in [0.29, 0.717) is 12.3 Å². The molecule has 3 heteroatoms. The highest BCUT2D eigenvalue weighted by molar-refractivity contribution is 5.94. The van der Waals surface area contributed by atoms with Crippen molar-refractivity contribution < 1.29 is 4.79 Å². The molecule has 0 amide bonds. The van der Waals surface area contributed by atoms with Gasteiger partial charge in [-0.1, -0.05) is 39.5 Å². The van der Waals surface area contributed by atoms with Gasteiger partial charge in [0.05, 0.1) is 5.69 Å². The molecule has 0 aliphatic heterocycles. The van der Waals surface area contributed by atoms with Gasteiger partial charge in [-0.15, -0.1) is 0 Å². The second-order valence-electron chi connectivity index (χ2n) is 5.03. The first-order valence-corrected chi connectivity index (χ1v) is 7.19. The van der Waals surface area contributed by atoms with Crippen LogP contribution in [0.5, 0.6) is 0 Å². The quantitative estimate of drug-likeness (QED) is 0.654. The fourth-order valence-electron chi connectivity index (χ4n) is 2.32. The highest BCUT2D eigenvalue weighted by atomic mass is 16.1. The van der Waals surface area contributed by atoms with Gasteiger partial charge in [0.15, 0.2) is 5.78 Å². The topological polar surface area (TPSA) is 34.9 Å². The number of Topliss-reactive ketones (excluding diaryl/α,β-unsaturated/α-hetero) is 1. The Hall–Kier alpha value is -1.12. The van der Waals surface area contributed by atoms with Gasteiger partial charge in [-0.05, 0) is 25.8 Å². The van der Waals surface area contributed by atoms with Gasteiger partial charge in [-0.25, -0.2) is 0 Å². The Morgan fingerprint density at radius 1 is 1.39 bits per heavy atom. The van der Waals surface area contributed by atoms with Gasteiger partial charge in [0.25, 0.3) is 0 Å². The molecule has 3 nitrogen and oxygen atoms in total. The van der Waals surface area contributed by atoms with E-state index in [9.17, 15) is 4.79 Å². The summed E-state index contributed by atoms with van der Waals surface area (Å²) in [7, 11) is 0. The molecule has 0 fully saturated rings. The van der Waals surface area contributed by atoms with Crippen LogP contribution in [0.15, 0.2) is 6.07 Å². The summed E-state index contributed by atoms with van der Waals surface area (Å²) in [6, 6.07) is 1.92. The largest absolute Gasteiger partial charge is 0.292 e. The summed E-state index contributed by atoms with van der Waals surface area (Å²) in [6.07, 6.45) is 5.35. The number of hydrogen-bond donors (Lipinski definition) is 0. The highest BCUT2D eigenvalue weighted by Gasteiger charge is 2.17. The highest BCUT2D eigenvalue weighted by Crippen LogP contribution is 2.19. The lowest BCUT2D eigenvalue weighted by atomic mass is 9.93. The zero-order valence-electron chi connectivity index (χ0n) is 12.2. The maximum absolute atomic E-state index is 12.3. The summed E-state index contributed by atoms with van der Waals surface area (Å²) in [5.74, 6) is 0.776. The number of rotatable bonds is 8. The van der Waals surface area contributed by atoms with Crippen molar-refractivity contribution in [1.29, 1.82) is 0 Å². The Morgan fingerprint density at radius 3 is 2.67 bits per heavy atom. The van der Waals surface area contributed by atoms with Crippen molar-refractivity contribution in [2.45, 2.75) is 66.3 Å². The van der Waals surface area contributed by atoms with E-state index < -0.39 is 0 Å². The molecule has 0 saturated heterocycles. The van der Waals surface area contributed by atoms with E-state index in [0.717, 1.165) is 30.8 Å². The molecule has 1 rings (SSSR count). The summed E-state index contributed by atoms with van der Waals surface area (Å²) >= 11 is 0. The monoisotopic (exact) mass is 250 g/mol. The number of carbonyl (C=O) groups excluding carboxylic acids is 1. The summed E-state index contributed by atoms with van der Waals surface area (Å²) < 4.78 is 1.82. The molecule has 0 aliphatic rings. The number of aryl methyl sites for hydroxylation is 2. The predicted octanol–water partition coefficient (Wildman–Crippen LogP) is 4.00. The van der Waals surface area contributed by atoms with Crippen molar-refractivity contribution >= 4 is 5.78 Å². The minimum absolute atomic E-state index is 0.250. The average molecular weight is 250 g/mol. The first kappa shape index (κ1) is 14.9. The van der Waals surface area contributed by atoms with Gasteiger partial charge in [0.1, 0.15) is 5.69 Å². The summed E-state index contributed by atoms with van der Waals surface area (Å²) in [5.41, 5.74) is 1.71. The van der Waals surface area contributed by atoms with Crippen LogP contribution in [0.2, 0.25) is 0 Å². The lowest BCUT2D eigenvalue weighted by Crippen LogP contribution is -2.13. The van der Waals surface area contributed by atoms with Gasteiger partial charge in [0.2, 0.25) is 0 Å². The molecule has 0 saturated carbocycles. The lowest BCUT2D eigenvalue weighted by Gasteiger charge is -2.13. The van der Waals surface area contributed by atoms with E-state index in [2.05, 4.69) is 18.9 Å². The van der Waals surface area contributed by atoms with Crippen LogP contribution in [-0.4, -0.2) is 15.6 Å². The number of carbonyl (C=O) groups is 1. The Balaban J connectivity index is 2.68. The number of aromatic nitrogens is 2. The van der Waals surface area contributed by atoms with E-state index >= 15 is 0 Å². The third kappa shape index (κ3) is 3.97.